The molecule has 0 aromatic carbocycles. The molecule has 0 amide bonds. The monoisotopic (exact) mass is 889 g/mol. The summed E-state index contributed by atoms with van der Waals surface area (Å²) in [7, 11) is 0. The molecular formula is C53H92O10. The van der Waals surface area contributed by atoms with Crippen LogP contribution in [0.25, 0.3) is 0 Å². The van der Waals surface area contributed by atoms with E-state index in [2.05, 4.69) is 56.4 Å². The smallest absolute Gasteiger partial charge is 0.310 e. The maximum absolute atomic E-state index is 12.7. The van der Waals surface area contributed by atoms with Crippen LogP contribution in [0.1, 0.15) is 206 Å². The maximum Gasteiger partial charge on any atom is 0.310 e. The van der Waals surface area contributed by atoms with Crippen LogP contribution in [0.4, 0.5) is 0 Å². The molecule has 0 aromatic rings. The minimum atomic E-state index is -1.61. The van der Waals surface area contributed by atoms with E-state index in [0.29, 0.717) is 12.8 Å². The number of carbonyl (C=O) groups is 2. The van der Waals surface area contributed by atoms with Gasteiger partial charge in [-0.2, -0.15) is 0 Å². The third-order valence-corrected chi connectivity index (χ3v) is 11.4. The molecule has 1 heterocycles. The minimum absolute atomic E-state index is 0.00246. The number of hydrogen-bond donors (Lipinski definition) is 4. The van der Waals surface area contributed by atoms with Crippen molar-refractivity contribution in [3.05, 3.63) is 60.8 Å². The van der Waals surface area contributed by atoms with E-state index >= 15 is 0 Å². The lowest BCUT2D eigenvalue weighted by Crippen LogP contribution is -2.59. The molecule has 0 spiro atoms. The number of hydrogen-bond acceptors (Lipinski definition) is 10. The number of unbranched alkanes of at least 4 members (excludes halogenated alkanes) is 22. The standard InChI is InChI=1S/C53H92O10/c1-3-5-7-9-11-13-15-17-19-20-21-22-23-24-25-26-28-29-31-33-35-37-39-41-48(55)60-44-46(45-61-53-52(59)51(58)50(57)47(43-54)63-53)62-49(56)42-40-38-36-34-32-30-27-18-16-14-12-10-8-6-4-2/h6,8,12,14,18,27,32,34,38,40,46-47,50-54,57-59H,3-5,7,9-11,13,15-17,19-26,28-31,33,35-37,39,41-45H2,1-2H3/b8-6-,14-12-,27-18-,34-32-,40-38-. The van der Waals surface area contributed by atoms with Crippen molar-refractivity contribution >= 4 is 11.9 Å². The largest absolute Gasteiger partial charge is 0.462 e. The van der Waals surface area contributed by atoms with Crippen molar-refractivity contribution < 1.29 is 49.0 Å². The van der Waals surface area contributed by atoms with E-state index in [9.17, 15) is 30.0 Å². The van der Waals surface area contributed by atoms with Crippen LogP contribution >= 0.6 is 0 Å². The Morgan fingerprint density at radius 2 is 0.921 bits per heavy atom. The molecule has 0 saturated carbocycles. The highest BCUT2D eigenvalue weighted by atomic mass is 16.7. The lowest BCUT2D eigenvalue weighted by Gasteiger charge is -2.39. The highest BCUT2D eigenvalue weighted by Crippen LogP contribution is 2.23. The maximum atomic E-state index is 12.7. The second kappa shape index (κ2) is 43.3. The van der Waals surface area contributed by atoms with Gasteiger partial charge in [-0.1, -0.05) is 216 Å². The second-order valence-electron chi connectivity index (χ2n) is 17.3. The molecular weight excluding hydrogens is 797 g/mol. The van der Waals surface area contributed by atoms with E-state index in [1.807, 2.05) is 12.2 Å². The summed E-state index contributed by atoms with van der Waals surface area (Å²) < 4.78 is 22.1. The predicted octanol–water partition coefficient (Wildman–Crippen LogP) is 11.8. The Morgan fingerprint density at radius 1 is 0.508 bits per heavy atom. The number of aliphatic hydroxyl groups is 4. The van der Waals surface area contributed by atoms with Gasteiger partial charge in [0.2, 0.25) is 0 Å². The molecule has 364 valence electrons. The van der Waals surface area contributed by atoms with E-state index in [4.69, 9.17) is 18.9 Å². The molecule has 0 radical (unpaired) electrons. The van der Waals surface area contributed by atoms with Gasteiger partial charge in [-0.3, -0.25) is 9.59 Å². The van der Waals surface area contributed by atoms with Crippen molar-refractivity contribution in [2.75, 3.05) is 19.8 Å². The van der Waals surface area contributed by atoms with E-state index in [-0.39, 0.29) is 26.1 Å². The molecule has 10 nitrogen and oxygen atoms in total. The van der Waals surface area contributed by atoms with Crippen LogP contribution in [0.15, 0.2) is 60.8 Å². The molecule has 1 saturated heterocycles. The van der Waals surface area contributed by atoms with Gasteiger partial charge in [0.15, 0.2) is 12.4 Å². The van der Waals surface area contributed by atoms with Crippen LogP contribution in [-0.2, 0) is 28.5 Å². The van der Waals surface area contributed by atoms with Crippen LogP contribution in [0.3, 0.4) is 0 Å². The Balaban J connectivity index is 2.27. The molecule has 1 fully saturated rings. The highest BCUT2D eigenvalue weighted by molar-refractivity contribution is 5.71. The van der Waals surface area contributed by atoms with Gasteiger partial charge >= 0.3 is 11.9 Å². The first kappa shape index (κ1) is 58.4. The first-order valence-electron chi connectivity index (χ1n) is 25.4. The third-order valence-electron chi connectivity index (χ3n) is 11.4. The van der Waals surface area contributed by atoms with Gasteiger partial charge in [0.1, 0.15) is 31.0 Å². The molecule has 1 rings (SSSR count). The number of rotatable bonds is 42. The normalized spacial score (nSPS) is 20.0. The molecule has 0 bridgehead atoms. The van der Waals surface area contributed by atoms with E-state index in [1.54, 1.807) is 6.08 Å². The van der Waals surface area contributed by atoms with Gasteiger partial charge in [-0.15, -0.1) is 0 Å². The van der Waals surface area contributed by atoms with Crippen LogP contribution in [0.5, 0.6) is 0 Å². The summed E-state index contributed by atoms with van der Waals surface area (Å²) in [6.45, 7) is 3.23. The zero-order valence-electron chi connectivity index (χ0n) is 39.8. The van der Waals surface area contributed by atoms with E-state index in [0.717, 1.165) is 38.5 Å². The summed E-state index contributed by atoms with van der Waals surface area (Å²) in [5, 5.41) is 40.1. The number of allylic oxidation sites excluding steroid dienone is 9. The molecule has 6 unspecified atom stereocenters. The first-order valence-corrected chi connectivity index (χ1v) is 25.4. The highest BCUT2D eigenvalue weighted by Gasteiger charge is 2.44. The van der Waals surface area contributed by atoms with Gasteiger partial charge in [0.05, 0.1) is 19.6 Å². The molecule has 63 heavy (non-hydrogen) atoms. The summed E-state index contributed by atoms with van der Waals surface area (Å²) >= 11 is 0. The fraction of sp³-hybridized carbons (Fsp3) is 0.774. The molecule has 10 heteroatoms. The number of ether oxygens (including phenoxy) is 4. The predicted molar refractivity (Wildman–Crippen MR) is 256 cm³/mol. The lowest BCUT2D eigenvalue weighted by molar-refractivity contribution is -0.305. The lowest BCUT2D eigenvalue weighted by atomic mass is 9.99. The molecule has 4 N–H and O–H groups in total. The molecule has 1 aliphatic heterocycles. The quantitative estimate of drug-likeness (QED) is 0.0265. The zero-order valence-corrected chi connectivity index (χ0v) is 39.8. The Kier molecular flexibility index (Phi) is 40.2. The van der Waals surface area contributed by atoms with Gasteiger partial charge in [0, 0.05) is 6.42 Å². The van der Waals surface area contributed by atoms with Gasteiger partial charge in [0.25, 0.3) is 0 Å². The first-order chi connectivity index (χ1) is 30.8. The third kappa shape index (κ3) is 34.4. The van der Waals surface area contributed by atoms with E-state index < -0.39 is 55.4 Å². The topological polar surface area (TPSA) is 152 Å². The average Bonchev–Trinajstić information content (AvgIpc) is 3.28. The van der Waals surface area contributed by atoms with Crippen molar-refractivity contribution in [2.45, 2.75) is 243 Å². The summed E-state index contributed by atoms with van der Waals surface area (Å²) in [6, 6.07) is 0. The van der Waals surface area contributed by atoms with Crippen molar-refractivity contribution in [3.63, 3.8) is 0 Å². The van der Waals surface area contributed by atoms with Crippen LogP contribution in [0.2, 0.25) is 0 Å². The summed E-state index contributed by atoms with van der Waals surface area (Å²) in [6.07, 6.45) is 47.0. The van der Waals surface area contributed by atoms with Gasteiger partial charge < -0.3 is 39.4 Å². The fourth-order valence-corrected chi connectivity index (χ4v) is 7.50. The second-order valence-corrected chi connectivity index (χ2v) is 17.3. The Labute approximate surface area is 383 Å². The Hall–Kier alpha value is -2.60. The van der Waals surface area contributed by atoms with Gasteiger partial charge in [-0.25, -0.2) is 0 Å². The minimum Gasteiger partial charge on any atom is -0.462 e. The zero-order chi connectivity index (χ0) is 45.9. The number of carbonyl (C=O) groups excluding carboxylic acids is 2. The Morgan fingerprint density at radius 3 is 1.35 bits per heavy atom. The van der Waals surface area contributed by atoms with Crippen LogP contribution in [0, 0.1) is 0 Å². The summed E-state index contributed by atoms with van der Waals surface area (Å²) in [5.74, 6) is -0.949. The molecule has 6 atom stereocenters. The van der Waals surface area contributed by atoms with Crippen molar-refractivity contribution in [2.24, 2.45) is 0 Å². The molecule has 0 aromatic heterocycles. The van der Waals surface area contributed by atoms with Gasteiger partial charge in [-0.05, 0) is 38.5 Å². The van der Waals surface area contributed by atoms with Crippen molar-refractivity contribution in [3.8, 4) is 0 Å². The van der Waals surface area contributed by atoms with Crippen molar-refractivity contribution in [1.82, 2.24) is 0 Å². The Bertz CT molecular complexity index is 1210. The molecule has 0 aliphatic carbocycles. The van der Waals surface area contributed by atoms with Crippen LogP contribution in [-0.4, -0.2) is 89.0 Å². The molecule has 1 aliphatic rings. The van der Waals surface area contributed by atoms with Crippen molar-refractivity contribution in [1.29, 1.82) is 0 Å². The average molecular weight is 889 g/mol. The fourth-order valence-electron chi connectivity index (χ4n) is 7.50. The van der Waals surface area contributed by atoms with E-state index in [1.165, 1.54) is 128 Å². The summed E-state index contributed by atoms with van der Waals surface area (Å²) in [4.78, 5) is 25.3. The van der Waals surface area contributed by atoms with Crippen LogP contribution < -0.4 is 0 Å². The summed E-state index contributed by atoms with van der Waals surface area (Å²) in [5.41, 5.74) is 0. The number of aliphatic hydroxyl groups excluding tert-OH is 4. The number of esters is 2. The SMILES string of the molecule is CC/C=C\C/C=C\C/C=C\C/C=C\C/C=C\CC(=O)OC(COC(=O)CCCCCCCCCCCCCCCCCCCCCCCCC)COC1OC(CO)C(O)C(O)C1O.